The van der Waals surface area contributed by atoms with E-state index in [2.05, 4.69) is 45.6 Å². The Labute approximate surface area is 134 Å². The third-order valence-electron chi connectivity index (χ3n) is 3.84. The molecule has 6 heteroatoms. The van der Waals surface area contributed by atoms with Gasteiger partial charge < -0.3 is 14.8 Å². The minimum atomic E-state index is -0.00765. The second kappa shape index (κ2) is 6.24. The summed E-state index contributed by atoms with van der Waals surface area (Å²) in [7, 11) is 0. The van der Waals surface area contributed by atoms with E-state index in [1.807, 2.05) is 6.92 Å². The van der Waals surface area contributed by atoms with E-state index in [1.165, 1.54) is 5.56 Å². The van der Waals surface area contributed by atoms with E-state index in [1.54, 1.807) is 6.92 Å². The molecule has 0 spiro atoms. The fourth-order valence-electron chi connectivity index (χ4n) is 2.70. The number of aromatic amines is 1. The molecule has 6 nitrogen and oxygen atoms in total. The van der Waals surface area contributed by atoms with Crippen molar-refractivity contribution in [1.29, 1.82) is 0 Å². The van der Waals surface area contributed by atoms with Crippen LogP contribution in [-0.4, -0.2) is 27.6 Å². The molecule has 2 N–H and O–H groups in total. The highest BCUT2D eigenvalue weighted by molar-refractivity contribution is 5.90. The van der Waals surface area contributed by atoms with Gasteiger partial charge in [-0.1, -0.05) is 16.8 Å². The Morgan fingerprint density at radius 3 is 2.87 bits per heavy atom. The van der Waals surface area contributed by atoms with Crippen LogP contribution in [0.2, 0.25) is 0 Å². The molecule has 0 aliphatic rings. The molecule has 2 aromatic heterocycles. The van der Waals surface area contributed by atoms with Crippen LogP contribution in [0.4, 0.5) is 0 Å². The van der Waals surface area contributed by atoms with Gasteiger partial charge in [-0.05, 0) is 38.5 Å². The van der Waals surface area contributed by atoms with Crippen LogP contribution in [0.5, 0.6) is 0 Å². The van der Waals surface area contributed by atoms with Crippen molar-refractivity contribution in [2.75, 3.05) is 6.54 Å². The van der Waals surface area contributed by atoms with Gasteiger partial charge in [0.05, 0.1) is 6.42 Å². The maximum absolute atomic E-state index is 12.2. The number of nitrogens with zero attached hydrogens (tertiary/aromatic N) is 2. The fourth-order valence-corrected chi connectivity index (χ4v) is 2.70. The molecule has 0 atom stereocenters. The van der Waals surface area contributed by atoms with Gasteiger partial charge in [-0.2, -0.15) is 4.98 Å². The molecule has 0 aliphatic carbocycles. The van der Waals surface area contributed by atoms with Crippen molar-refractivity contribution in [3.8, 4) is 0 Å². The van der Waals surface area contributed by atoms with Gasteiger partial charge in [-0.25, -0.2) is 0 Å². The normalized spacial score (nSPS) is 11.1. The highest BCUT2D eigenvalue weighted by Gasteiger charge is 2.13. The van der Waals surface area contributed by atoms with Crippen LogP contribution < -0.4 is 5.32 Å². The maximum atomic E-state index is 12.2. The summed E-state index contributed by atoms with van der Waals surface area (Å²) in [6, 6.07) is 6.23. The summed E-state index contributed by atoms with van der Waals surface area (Å²) in [6.45, 7) is 6.31. The summed E-state index contributed by atoms with van der Waals surface area (Å²) in [5, 5.41) is 7.75. The van der Waals surface area contributed by atoms with Crippen molar-refractivity contribution in [3.63, 3.8) is 0 Å². The van der Waals surface area contributed by atoms with E-state index in [0.29, 0.717) is 31.1 Å². The van der Waals surface area contributed by atoms with Crippen LogP contribution in [0.1, 0.15) is 28.5 Å². The molecule has 0 unspecified atom stereocenters. The number of nitrogens with one attached hydrogen (secondary N) is 2. The van der Waals surface area contributed by atoms with Crippen molar-refractivity contribution in [2.45, 2.75) is 33.6 Å². The average Bonchev–Trinajstić information content (AvgIpc) is 3.04. The zero-order valence-electron chi connectivity index (χ0n) is 13.6. The van der Waals surface area contributed by atoms with Crippen molar-refractivity contribution >= 4 is 16.8 Å². The number of carbonyl (C=O) groups is 1. The molecule has 0 aliphatic heterocycles. The molecule has 1 amide bonds. The van der Waals surface area contributed by atoms with Crippen molar-refractivity contribution in [2.24, 2.45) is 0 Å². The molecule has 120 valence electrons. The Balaban J connectivity index is 1.63. The maximum Gasteiger partial charge on any atom is 0.228 e. The molecule has 23 heavy (non-hydrogen) atoms. The van der Waals surface area contributed by atoms with Gasteiger partial charge in [-0.15, -0.1) is 0 Å². The van der Waals surface area contributed by atoms with E-state index in [9.17, 15) is 4.79 Å². The number of hydrogen-bond acceptors (Lipinski definition) is 4. The largest absolute Gasteiger partial charge is 0.358 e. The molecule has 3 rings (SSSR count). The summed E-state index contributed by atoms with van der Waals surface area (Å²) in [5.74, 6) is 1.14. The SMILES string of the molecule is Cc1ccc2[nH]c(C)c(CC(=O)NCCc3nc(C)no3)c2c1. The third kappa shape index (κ3) is 3.41. The number of amides is 1. The predicted octanol–water partition coefficient (Wildman–Crippen LogP) is 2.38. The molecule has 3 aromatic rings. The topological polar surface area (TPSA) is 83.8 Å². The average molecular weight is 312 g/mol. The van der Waals surface area contributed by atoms with Crippen LogP contribution in [0.25, 0.3) is 10.9 Å². The Bertz CT molecular complexity index is 848. The molecule has 0 fully saturated rings. The number of benzene rings is 1. The summed E-state index contributed by atoms with van der Waals surface area (Å²) < 4.78 is 5.02. The second-order valence-corrected chi connectivity index (χ2v) is 5.79. The molecular formula is C17H20N4O2. The fraction of sp³-hybridized carbons (Fsp3) is 0.353. The van der Waals surface area contributed by atoms with Crippen LogP contribution in [0.15, 0.2) is 22.7 Å². The predicted molar refractivity (Wildman–Crippen MR) is 87.2 cm³/mol. The summed E-state index contributed by atoms with van der Waals surface area (Å²) in [6.07, 6.45) is 0.900. The number of rotatable bonds is 5. The van der Waals surface area contributed by atoms with Crippen molar-refractivity contribution < 1.29 is 9.32 Å². The lowest BCUT2D eigenvalue weighted by molar-refractivity contribution is -0.120. The first-order chi connectivity index (χ1) is 11.0. The minimum absolute atomic E-state index is 0.00765. The third-order valence-corrected chi connectivity index (χ3v) is 3.84. The number of aryl methyl sites for hydroxylation is 3. The first-order valence-corrected chi connectivity index (χ1v) is 7.66. The van der Waals surface area contributed by atoms with Crippen molar-refractivity contribution in [3.05, 3.63) is 46.7 Å². The zero-order chi connectivity index (χ0) is 16.4. The highest BCUT2D eigenvalue weighted by atomic mass is 16.5. The quantitative estimate of drug-likeness (QED) is 0.757. The van der Waals surface area contributed by atoms with Gasteiger partial charge in [0.15, 0.2) is 5.82 Å². The van der Waals surface area contributed by atoms with E-state index in [0.717, 1.165) is 22.2 Å². The minimum Gasteiger partial charge on any atom is -0.358 e. The zero-order valence-corrected chi connectivity index (χ0v) is 13.6. The van der Waals surface area contributed by atoms with E-state index in [4.69, 9.17) is 4.52 Å². The molecular weight excluding hydrogens is 292 g/mol. The lowest BCUT2D eigenvalue weighted by atomic mass is 10.1. The van der Waals surface area contributed by atoms with Gasteiger partial charge in [0, 0.05) is 29.6 Å². The lowest BCUT2D eigenvalue weighted by Crippen LogP contribution is -2.27. The molecule has 2 heterocycles. The molecule has 0 bridgehead atoms. The number of carbonyl (C=O) groups excluding carboxylic acids is 1. The second-order valence-electron chi connectivity index (χ2n) is 5.79. The Hall–Kier alpha value is -2.63. The Morgan fingerprint density at radius 2 is 2.13 bits per heavy atom. The van der Waals surface area contributed by atoms with Gasteiger partial charge in [0.25, 0.3) is 0 Å². The number of hydrogen-bond donors (Lipinski definition) is 2. The van der Waals surface area contributed by atoms with E-state index < -0.39 is 0 Å². The summed E-state index contributed by atoms with van der Waals surface area (Å²) in [5.41, 5.74) is 4.34. The van der Waals surface area contributed by atoms with E-state index in [-0.39, 0.29) is 5.91 Å². The van der Waals surface area contributed by atoms with Crippen LogP contribution in [0.3, 0.4) is 0 Å². The van der Waals surface area contributed by atoms with Gasteiger partial charge in [-0.3, -0.25) is 4.79 Å². The lowest BCUT2D eigenvalue weighted by Gasteiger charge is -2.04. The molecule has 1 aromatic carbocycles. The van der Waals surface area contributed by atoms with E-state index >= 15 is 0 Å². The first-order valence-electron chi connectivity index (χ1n) is 7.66. The van der Waals surface area contributed by atoms with Crippen LogP contribution >= 0.6 is 0 Å². The molecule has 0 saturated carbocycles. The van der Waals surface area contributed by atoms with Gasteiger partial charge in [0.2, 0.25) is 11.8 Å². The van der Waals surface area contributed by atoms with Gasteiger partial charge in [0.1, 0.15) is 0 Å². The Kier molecular flexibility index (Phi) is 4.14. The Morgan fingerprint density at radius 1 is 1.30 bits per heavy atom. The number of aromatic nitrogens is 3. The molecule has 0 saturated heterocycles. The number of H-pyrrole nitrogens is 1. The standard InChI is InChI=1S/C17H20N4O2/c1-10-4-5-15-14(8-10)13(11(2)19-15)9-16(22)18-7-6-17-20-12(3)21-23-17/h4-5,8,19H,6-7,9H2,1-3H3,(H,18,22). The van der Waals surface area contributed by atoms with Crippen molar-refractivity contribution in [1.82, 2.24) is 20.4 Å². The monoisotopic (exact) mass is 312 g/mol. The van der Waals surface area contributed by atoms with Gasteiger partial charge >= 0.3 is 0 Å². The first kappa shape index (κ1) is 15.3. The summed E-state index contributed by atoms with van der Waals surface area (Å²) in [4.78, 5) is 19.6. The highest BCUT2D eigenvalue weighted by Crippen LogP contribution is 2.23. The molecule has 0 radical (unpaired) electrons. The number of fused-ring (bicyclic) bond motifs is 1. The van der Waals surface area contributed by atoms with Crippen LogP contribution in [-0.2, 0) is 17.6 Å². The smallest absolute Gasteiger partial charge is 0.228 e. The van der Waals surface area contributed by atoms with Crippen LogP contribution in [0, 0.1) is 20.8 Å². The summed E-state index contributed by atoms with van der Waals surface area (Å²) >= 11 is 0.